The summed E-state index contributed by atoms with van der Waals surface area (Å²) in [6, 6.07) is 37.3. The summed E-state index contributed by atoms with van der Waals surface area (Å²) in [5.41, 5.74) is 3.15. The first-order chi connectivity index (χ1) is 20.2. The van der Waals surface area contributed by atoms with Gasteiger partial charge in [0.05, 0.1) is 17.6 Å². The molecule has 0 unspecified atom stereocenters. The van der Waals surface area contributed by atoms with E-state index in [2.05, 4.69) is 22.0 Å². The molecule has 1 aromatic heterocycles. The highest BCUT2D eigenvalue weighted by molar-refractivity contribution is 5.97. The number of hydrogen-bond acceptors (Lipinski definition) is 5. The van der Waals surface area contributed by atoms with Gasteiger partial charge < -0.3 is 24.5 Å². The molecule has 0 saturated carbocycles. The number of ether oxygens (including phenoxy) is 2. The highest BCUT2D eigenvalue weighted by Gasteiger charge is 2.15. The van der Waals surface area contributed by atoms with Crippen LogP contribution in [0.3, 0.4) is 0 Å². The molecular weight excluding hydrogens is 514 g/mol. The predicted molar refractivity (Wildman–Crippen MR) is 159 cm³/mol. The Morgan fingerprint density at radius 2 is 1.51 bits per heavy atom. The van der Waals surface area contributed by atoms with Crippen molar-refractivity contribution in [3.05, 3.63) is 132 Å². The molecule has 0 aliphatic carbocycles. The molecule has 6 aromatic rings. The van der Waals surface area contributed by atoms with Crippen LogP contribution in [0, 0.1) is 0 Å². The van der Waals surface area contributed by atoms with Crippen LogP contribution in [0.2, 0.25) is 0 Å². The van der Waals surface area contributed by atoms with E-state index in [1.807, 2.05) is 91.0 Å². The van der Waals surface area contributed by atoms with E-state index >= 15 is 0 Å². The van der Waals surface area contributed by atoms with Crippen LogP contribution in [-0.2, 0) is 13.2 Å². The van der Waals surface area contributed by atoms with E-state index in [0.717, 1.165) is 44.9 Å². The van der Waals surface area contributed by atoms with Crippen molar-refractivity contribution >= 4 is 27.7 Å². The summed E-state index contributed by atoms with van der Waals surface area (Å²) < 4.78 is 14.3. The Labute approximate surface area is 237 Å². The van der Waals surface area contributed by atoms with Gasteiger partial charge in [-0.25, -0.2) is 4.98 Å². The van der Waals surface area contributed by atoms with Gasteiger partial charge in [0.15, 0.2) is 0 Å². The highest BCUT2D eigenvalue weighted by Crippen LogP contribution is 2.26. The lowest BCUT2D eigenvalue weighted by molar-refractivity contribution is 0.0945. The molecular formula is C34H29N3O4. The third-order valence-corrected chi connectivity index (χ3v) is 6.82. The molecule has 7 nitrogen and oxygen atoms in total. The monoisotopic (exact) mass is 543 g/mol. The van der Waals surface area contributed by atoms with Crippen molar-refractivity contribution in [2.24, 2.45) is 0 Å². The van der Waals surface area contributed by atoms with E-state index in [9.17, 15) is 4.79 Å². The summed E-state index contributed by atoms with van der Waals surface area (Å²) in [7, 11) is 0. The molecule has 0 saturated heterocycles. The Hall–Kier alpha value is -5.14. The summed E-state index contributed by atoms with van der Waals surface area (Å²) >= 11 is 0. The lowest BCUT2D eigenvalue weighted by Gasteiger charge is -2.12. The molecule has 2 N–H and O–H groups in total. The van der Waals surface area contributed by atoms with Crippen LogP contribution in [0.15, 0.2) is 115 Å². The van der Waals surface area contributed by atoms with Crippen LogP contribution >= 0.6 is 0 Å². The van der Waals surface area contributed by atoms with Crippen molar-refractivity contribution in [2.45, 2.75) is 13.2 Å². The SMILES string of the molecule is O=C(NCCO)c1ccc2c(c1)nc(COc1ccc3ccccc3c1)n2Cc1ccc(Oc2ccccc2)cc1. The number of nitrogens with one attached hydrogen (secondary N) is 1. The second-order valence-electron chi connectivity index (χ2n) is 9.65. The zero-order valence-electron chi connectivity index (χ0n) is 22.4. The molecule has 1 amide bonds. The molecule has 0 fully saturated rings. The number of imidazole rings is 1. The number of para-hydroxylation sites is 1. The van der Waals surface area contributed by atoms with Crippen molar-refractivity contribution in [3.63, 3.8) is 0 Å². The number of aliphatic hydroxyl groups is 1. The average Bonchev–Trinajstić information content (AvgIpc) is 3.36. The first-order valence-electron chi connectivity index (χ1n) is 13.5. The largest absolute Gasteiger partial charge is 0.486 e. The predicted octanol–water partition coefficient (Wildman–Crippen LogP) is 6.33. The number of benzene rings is 5. The summed E-state index contributed by atoms with van der Waals surface area (Å²) in [5.74, 6) is 2.79. The van der Waals surface area contributed by atoms with Gasteiger partial charge in [0.1, 0.15) is 29.7 Å². The molecule has 6 rings (SSSR count). The lowest BCUT2D eigenvalue weighted by Crippen LogP contribution is -2.26. The number of hydrogen-bond donors (Lipinski definition) is 2. The Morgan fingerprint density at radius 1 is 0.780 bits per heavy atom. The molecule has 7 heteroatoms. The van der Waals surface area contributed by atoms with Crippen molar-refractivity contribution < 1.29 is 19.4 Å². The van der Waals surface area contributed by atoms with Crippen LogP contribution in [0.25, 0.3) is 21.8 Å². The summed E-state index contributed by atoms with van der Waals surface area (Å²) in [6.07, 6.45) is 0. The first kappa shape index (κ1) is 26.1. The van der Waals surface area contributed by atoms with Gasteiger partial charge in [0, 0.05) is 18.7 Å². The minimum absolute atomic E-state index is 0.117. The maximum absolute atomic E-state index is 12.5. The number of aromatic nitrogens is 2. The third-order valence-electron chi connectivity index (χ3n) is 6.82. The topological polar surface area (TPSA) is 85.6 Å². The van der Waals surface area contributed by atoms with E-state index in [4.69, 9.17) is 19.6 Å². The number of carbonyl (C=O) groups is 1. The number of amides is 1. The molecule has 0 aliphatic heterocycles. The number of nitrogens with zero attached hydrogens (tertiary/aromatic N) is 2. The van der Waals surface area contributed by atoms with Gasteiger partial charge >= 0.3 is 0 Å². The smallest absolute Gasteiger partial charge is 0.251 e. The van der Waals surface area contributed by atoms with Crippen molar-refractivity contribution in [3.8, 4) is 17.2 Å². The maximum Gasteiger partial charge on any atom is 0.251 e. The Bertz CT molecular complexity index is 1800. The van der Waals surface area contributed by atoms with E-state index < -0.39 is 0 Å². The Morgan fingerprint density at radius 3 is 2.32 bits per heavy atom. The first-order valence-corrected chi connectivity index (χ1v) is 13.5. The molecule has 41 heavy (non-hydrogen) atoms. The van der Waals surface area contributed by atoms with Crippen molar-refractivity contribution in [1.82, 2.24) is 14.9 Å². The van der Waals surface area contributed by atoms with Gasteiger partial charge in [0.2, 0.25) is 0 Å². The molecule has 0 aliphatic rings. The maximum atomic E-state index is 12.5. The molecule has 1 heterocycles. The third kappa shape index (κ3) is 6.05. The van der Waals surface area contributed by atoms with E-state index in [-0.39, 0.29) is 25.7 Å². The molecule has 5 aromatic carbocycles. The van der Waals surface area contributed by atoms with Crippen LogP contribution in [-0.4, -0.2) is 33.7 Å². The standard InChI is InChI=1S/C34H29N3O4/c38-19-18-35-34(39)27-13-17-32-31(21-27)36-33(23-40-30-16-12-25-6-4-5-7-26(25)20-30)37(32)22-24-10-14-29(15-11-24)41-28-8-2-1-3-9-28/h1-17,20-21,38H,18-19,22-23H2,(H,35,39). The van der Waals surface area contributed by atoms with E-state index in [1.54, 1.807) is 12.1 Å². The van der Waals surface area contributed by atoms with Gasteiger partial charge in [-0.05, 0) is 70.9 Å². The number of rotatable bonds is 10. The minimum Gasteiger partial charge on any atom is -0.486 e. The molecule has 0 bridgehead atoms. The van der Waals surface area contributed by atoms with E-state index in [1.165, 1.54) is 0 Å². The second-order valence-corrected chi connectivity index (χ2v) is 9.65. The fourth-order valence-electron chi connectivity index (χ4n) is 4.75. The molecule has 0 spiro atoms. The van der Waals surface area contributed by atoms with Gasteiger partial charge in [-0.2, -0.15) is 0 Å². The summed E-state index contributed by atoms with van der Waals surface area (Å²) in [6.45, 7) is 0.900. The van der Waals surface area contributed by atoms with Crippen LogP contribution in [0.4, 0.5) is 0 Å². The second kappa shape index (κ2) is 11.9. The Balaban J connectivity index is 1.28. The fourth-order valence-corrected chi connectivity index (χ4v) is 4.75. The summed E-state index contributed by atoms with van der Waals surface area (Å²) in [4.78, 5) is 17.4. The quantitative estimate of drug-likeness (QED) is 0.211. The Kier molecular flexibility index (Phi) is 7.60. The lowest BCUT2D eigenvalue weighted by atomic mass is 10.1. The highest BCUT2D eigenvalue weighted by atomic mass is 16.5. The van der Waals surface area contributed by atoms with Crippen LogP contribution < -0.4 is 14.8 Å². The van der Waals surface area contributed by atoms with Crippen LogP contribution in [0.1, 0.15) is 21.7 Å². The molecule has 204 valence electrons. The van der Waals surface area contributed by atoms with Crippen molar-refractivity contribution in [2.75, 3.05) is 13.2 Å². The van der Waals surface area contributed by atoms with Crippen molar-refractivity contribution in [1.29, 1.82) is 0 Å². The normalized spacial score (nSPS) is 11.0. The number of carbonyl (C=O) groups excluding carboxylic acids is 1. The minimum atomic E-state index is -0.251. The van der Waals surface area contributed by atoms with Gasteiger partial charge in [-0.15, -0.1) is 0 Å². The zero-order valence-corrected chi connectivity index (χ0v) is 22.4. The molecule has 0 radical (unpaired) electrons. The zero-order chi connectivity index (χ0) is 28.0. The van der Waals surface area contributed by atoms with E-state index in [0.29, 0.717) is 17.6 Å². The van der Waals surface area contributed by atoms with Crippen LogP contribution in [0.5, 0.6) is 17.2 Å². The van der Waals surface area contributed by atoms with Gasteiger partial charge in [0.25, 0.3) is 5.91 Å². The van der Waals surface area contributed by atoms with Gasteiger partial charge in [-0.1, -0.05) is 60.7 Å². The van der Waals surface area contributed by atoms with Gasteiger partial charge in [-0.3, -0.25) is 4.79 Å². The summed E-state index contributed by atoms with van der Waals surface area (Å²) in [5, 5.41) is 14.0. The average molecular weight is 544 g/mol. The molecule has 0 atom stereocenters. The number of fused-ring (bicyclic) bond motifs is 2. The fraction of sp³-hybridized carbons (Fsp3) is 0.118. The number of aliphatic hydroxyl groups excluding tert-OH is 1.